The van der Waals surface area contributed by atoms with Gasteiger partial charge >= 0.3 is 0 Å². The molecule has 1 aromatic carbocycles. The average molecular weight is 258 g/mol. The highest BCUT2D eigenvalue weighted by atomic mass is 16.5. The molecule has 0 amide bonds. The largest absolute Gasteiger partial charge is 0.399 e. The first-order valence-corrected chi connectivity index (χ1v) is 6.60. The van der Waals surface area contributed by atoms with E-state index in [4.69, 9.17) is 10.5 Å². The van der Waals surface area contributed by atoms with Gasteiger partial charge in [-0.3, -0.25) is 0 Å². The van der Waals surface area contributed by atoms with Crippen LogP contribution in [0.15, 0.2) is 24.5 Å². The van der Waals surface area contributed by atoms with Gasteiger partial charge in [-0.15, -0.1) is 0 Å². The molecule has 2 aromatic rings. The molecule has 2 atom stereocenters. The fourth-order valence-electron chi connectivity index (χ4n) is 2.49. The Labute approximate surface area is 112 Å². The van der Waals surface area contributed by atoms with Crippen LogP contribution < -0.4 is 11.1 Å². The SMILES string of the molecule is CC1OCCC1CNc1ncnc2cc(N)ccc12. The zero-order valence-corrected chi connectivity index (χ0v) is 11.0. The van der Waals surface area contributed by atoms with Crippen LogP contribution in [0.4, 0.5) is 11.5 Å². The van der Waals surface area contributed by atoms with E-state index >= 15 is 0 Å². The summed E-state index contributed by atoms with van der Waals surface area (Å²) in [5.74, 6) is 1.41. The van der Waals surface area contributed by atoms with Gasteiger partial charge in [0.15, 0.2) is 0 Å². The summed E-state index contributed by atoms with van der Waals surface area (Å²) in [6.07, 6.45) is 2.99. The van der Waals surface area contributed by atoms with Crippen molar-refractivity contribution in [3.8, 4) is 0 Å². The van der Waals surface area contributed by atoms with E-state index in [0.29, 0.717) is 12.0 Å². The van der Waals surface area contributed by atoms with Gasteiger partial charge in [-0.2, -0.15) is 0 Å². The van der Waals surface area contributed by atoms with Crippen LogP contribution in [0.25, 0.3) is 10.9 Å². The van der Waals surface area contributed by atoms with Crippen molar-refractivity contribution in [2.75, 3.05) is 24.2 Å². The molecule has 1 fully saturated rings. The third kappa shape index (κ3) is 2.46. The zero-order chi connectivity index (χ0) is 13.2. The Morgan fingerprint density at radius 3 is 3.11 bits per heavy atom. The van der Waals surface area contributed by atoms with Crippen LogP contribution in [0, 0.1) is 5.92 Å². The molecule has 0 saturated carbocycles. The molecule has 5 nitrogen and oxygen atoms in total. The second-order valence-electron chi connectivity index (χ2n) is 5.00. The average Bonchev–Trinajstić information content (AvgIpc) is 2.81. The summed E-state index contributed by atoms with van der Waals surface area (Å²) in [5.41, 5.74) is 7.35. The van der Waals surface area contributed by atoms with Crippen molar-refractivity contribution in [2.24, 2.45) is 5.92 Å². The highest BCUT2D eigenvalue weighted by molar-refractivity contribution is 5.90. The summed E-state index contributed by atoms with van der Waals surface area (Å²) >= 11 is 0. The van der Waals surface area contributed by atoms with Gasteiger partial charge in [0, 0.05) is 30.1 Å². The van der Waals surface area contributed by atoms with Crippen molar-refractivity contribution in [3.05, 3.63) is 24.5 Å². The summed E-state index contributed by atoms with van der Waals surface area (Å²) in [7, 11) is 0. The second kappa shape index (κ2) is 5.01. The van der Waals surface area contributed by atoms with Gasteiger partial charge in [0.2, 0.25) is 0 Å². The topological polar surface area (TPSA) is 73.1 Å². The number of anilines is 2. The lowest BCUT2D eigenvalue weighted by Gasteiger charge is -2.15. The molecule has 0 radical (unpaired) electrons. The lowest BCUT2D eigenvalue weighted by molar-refractivity contribution is 0.108. The number of nitrogens with zero attached hydrogens (tertiary/aromatic N) is 2. The molecule has 0 spiro atoms. The van der Waals surface area contributed by atoms with E-state index < -0.39 is 0 Å². The maximum atomic E-state index is 5.77. The van der Waals surface area contributed by atoms with Crippen molar-refractivity contribution in [2.45, 2.75) is 19.4 Å². The molecule has 1 aliphatic heterocycles. The van der Waals surface area contributed by atoms with Gasteiger partial charge in [-0.25, -0.2) is 9.97 Å². The molecule has 1 aliphatic rings. The van der Waals surface area contributed by atoms with E-state index in [1.165, 1.54) is 0 Å². The molecule has 0 aliphatic carbocycles. The van der Waals surface area contributed by atoms with Crippen LogP contribution in [0.1, 0.15) is 13.3 Å². The lowest BCUT2D eigenvalue weighted by Crippen LogP contribution is -2.21. The van der Waals surface area contributed by atoms with Crippen LogP contribution in [0.5, 0.6) is 0 Å². The molecule has 100 valence electrons. The summed E-state index contributed by atoms with van der Waals surface area (Å²) < 4.78 is 5.57. The van der Waals surface area contributed by atoms with Gasteiger partial charge in [0.05, 0.1) is 11.6 Å². The third-order valence-electron chi connectivity index (χ3n) is 3.73. The third-order valence-corrected chi connectivity index (χ3v) is 3.73. The molecular weight excluding hydrogens is 240 g/mol. The minimum atomic E-state index is 0.316. The van der Waals surface area contributed by atoms with E-state index in [-0.39, 0.29) is 0 Å². The molecule has 2 unspecified atom stereocenters. The van der Waals surface area contributed by atoms with E-state index in [2.05, 4.69) is 22.2 Å². The quantitative estimate of drug-likeness (QED) is 0.824. The summed E-state index contributed by atoms with van der Waals surface area (Å²) in [5, 5.41) is 4.41. The van der Waals surface area contributed by atoms with Crippen molar-refractivity contribution >= 4 is 22.4 Å². The Kier molecular flexibility index (Phi) is 3.21. The maximum Gasteiger partial charge on any atom is 0.137 e. The maximum absolute atomic E-state index is 5.77. The van der Waals surface area contributed by atoms with Crippen molar-refractivity contribution < 1.29 is 4.74 Å². The van der Waals surface area contributed by atoms with E-state index in [1.807, 2.05) is 18.2 Å². The molecule has 0 bridgehead atoms. The number of fused-ring (bicyclic) bond motifs is 1. The van der Waals surface area contributed by atoms with Crippen molar-refractivity contribution in [1.29, 1.82) is 0 Å². The van der Waals surface area contributed by atoms with Gasteiger partial charge in [-0.1, -0.05) is 0 Å². The standard InChI is InChI=1S/C14H18N4O/c1-9-10(4-5-19-9)7-16-14-12-3-2-11(15)6-13(12)17-8-18-14/h2-3,6,8-10H,4-5,7,15H2,1H3,(H,16,17,18). The molecule has 19 heavy (non-hydrogen) atoms. The first kappa shape index (κ1) is 12.2. The monoisotopic (exact) mass is 258 g/mol. The molecule has 3 N–H and O–H groups in total. The number of hydrogen-bond acceptors (Lipinski definition) is 5. The van der Waals surface area contributed by atoms with Crippen molar-refractivity contribution in [1.82, 2.24) is 9.97 Å². The first-order chi connectivity index (χ1) is 9.24. The van der Waals surface area contributed by atoms with Crippen LogP contribution in [-0.2, 0) is 4.74 Å². The number of benzene rings is 1. The zero-order valence-electron chi connectivity index (χ0n) is 11.0. The molecule has 1 aromatic heterocycles. The fourth-order valence-corrected chi connectivity index (χ4v) is 2.49. The number of nitrogens with one attached hydrogen (secondary N) is 1. The highest BCUT2D eigenvalue weighted by Crippen LogP contribution is 2.24. The number of hydrogen-bond donors (Lipinski definition) is 2. The Bertz CT molecular complexity index is 587. The predicted octanol–water partition coefficient (Wildman–Crippen LogP) is 2.05. The minimum absolute atomic E-state index is 0.316. The van der Waals surface area contributed by atoms with Crippen molar-refractivity contribution in [3.63, 3.8) is 0 Å². The summed E-state index contributed by atoms with van der Waals surface area (Å²) in [6.45, 7) is 3.85. The number of aromatic nitrogens is 2. The number of ether oxygens (including phenoxy) is 1. The first-order valence-electron chi connectivity index (χ1n) is 6.60. The molecule has 1 saturated heterocycles. The summed E-state index contributed by atoms with van der Waals surface area (Å²) in [4.78, 5) is 8.56. The second-order valence-corrected chi connectivity index (χ2v) is 5.00. The fraction of sp³-hybridized carbons (Fsp3) is 0.429. The van der Waals surface area contributed by atoms with Crippen LogP contribution in [-0.4, -0.2) is 29.2 Å². The molecule has 2 heterocycles. The van der Waals surface area contributed by atoms with E-state index in [0.717, 1.165) is 42.0 Å². The highest BCUT2D eigenvalue weighted by Gasteiger charge is 2.24. The Balaban J connectivity index is 1.81. The molecule has 5 heteroatoms. The Hall–Kier alpha value is -1.88. The van der Waals surface area contributed by atoms with Crippen LogP contribution in [0.3, 0.4) is 0 Å². The van der Waals surface area contributed by atoms with E-state index in [9.17, 15) is 0 Å². The number of rotatable bonds is 3. The van der Waals surface area contributed by atoms with Gasteiger partial charge in [0.25, 0.3) is 0 Å². The number of nitrogens with two attached hydrogens (primary N) is 1. The normalized spacial score (nSPS) is 22.8. The lowest BCUT2D eigenvalue weighted by atomic mass is 10.0. The minimum Gasteiger partial charge on any atom is -0.399 e. The summed E-state index contributed by atoms with van der Waals surface area (Å²) in [6, 6.07) is 5.70. The predicted molar refractivity (Wildman–Crippen MR) is 76.0 cm³/mol. The van der Waals surface area contributed by atoms with E-state index in [1.54, 1.807) is 6.33 Å². The Morgan fingerprint density at radius 1 is 1.42 bits per heavy atom. The van der Waals surface area contributed by atoms with Gasteiger partial charge < -0.3 is 15.8 Å². The molecular formula is C14H18N4O. The molecule has 3 rings (SSSR count). The number of nitrogen functional groups attached to an aromatic ring is 1. The smallest absolute Gasteiger partial charge is 0.137 e. The Morgan fingerprint density at radius 2 is 2.32 bits per heavy atom. The van der Waals surface area contributed by atoms with Crippen LogP contribution >= 0.6 is 0 Å². The van der Waals surface area contributed by atoms with Crippen LogP contribution in [0.2, 0.25) is 0 Å². The van der Waals surface area contributed by atoms with Gasteiger partial charge in [0.1, 0.15) is 12.1 Å². The van der Waals surface area contributed by atoms with Gasteiger partial charge in [-0.05, 0) is 31.5 Å².